The average Bonchev–Trinajstić information content (AvgIpc) is 2.65. The molecule has 0 atom stereocenters. The van der Waals surface area contributed by atoms with Crippen LogP contribution < -0.4 is 4.74 Å². The molecule has 2 aromatic rings. The van der Waals surface area contributed by atoms with Crippen molar-refractivity contribution in [1.29, 1.82) is 0 Å². The van der Waals surface area contributed by atoms with Crippen LogP contribution in [0.2, 0.25) is 0 Å². The standard InChI is InChI=1S/C10H7BrFN3O3/c1-14-5-9(15(16)17)10(13-14)18-6-2-3-8(12)7(11)4-6/h2-5H,1H3. The van der Waals surface area contributed by atoms with Gasteiger partial charge in [-0.05, 0) is 34.1 Å². The van der Waals surface area contributed by atoms with Crippen LogP contribution in [0.5, 0.6) is 11.6 Å². The van der Waals surface area contributed by atoms with E-state index in [-0.39, 0.29) is 21.8 Å². The largest absolute Gasteiger partial charge is 0.433 e. The fourth-order valence-corrected chi connectivity index (χ4v) is 1.66. The van der Waals surface area contributed by atoms with Crippen molar-refractivity contribution in [2.75, 3.05) is 0 Å². The SMILES string of the molecule is Cn1cc([N+](=O)[O-])c(Oc2ccc(F)c(Br)c2)n1. The molecule has 0 N–H and O–H groups in total. The minimum Gasteiger partial charge on any atom is -0.433 e. The van der Waals surface area contributed by atoms with Crippen molar-refractivity contribution in [2.24, 2.45) is 7.05 Å². The van der Waals surface area contributed by atoms with Crippen LogP contribution in [-0.4, -0.2) is 14.7 Å². The summed E-state index contributed by atoms with van der Waals surface area (Å²) in [6, 6.07) is 3.92. The van der Waals surface area contributed by atoms with Crippen LogP contribution in [0.15, 0.2) is 28.9 Å². The van der Waals surface area contributed by atoms with E-state index >= 15 is 0 Å². The molecule has 0 aliphatic rings. The Hall–Kier alpha value is -1.96. The highest BCUT2D eigenvalue weighted by molar-refractivity contribution is 9.10. The van der Waals surface area contributed by atoms with Gasteiger partial charge in [0.05, 0.1) is 9.40 Å². The summed E-state index contributed by atoms with van der Waals surface area (Å²) < 4.78 is 19.8. The van der Waals surface area contributed by atoms with Crippen molar-refractivity contribution in [3.8, 4) is 11.6 Å². The smallest absolute Gasteiger partial charge is 0.350 e. The van der Waals surface area contributed by atoms with Crippen LogP contribution in [0, 0.1) is 15.9 Å². The Bertz CT molecular complexity index is 614. The minimum atomic E-state index is -0.596. The highest BCUT2D eigenvalue weighted by atomic mass is 79.9. The van der Waals surface area contributed by atoms with Crippen molar-refractivity contribution in [2.45, 2.75) is 0 Å². The van der Waals surface area contributed by atoms with E-state index in [9.17, 15) is 14.5 Å². The van der Waals surface area contributed by atoms with E-state index in [0.717, 1.165) is 0 Å². The van der Waals surface area contributed by atoms with Crippen molar-refractivity contribution in [3.05, 3.63) is 44.8 Å². The molecule has 18 heavy (non-hydrogen) atoms. The maximum atomic E-state index is 13.0. The Morgan fingerprint density at radius 3 is 2.89 bits per heavy atom. The number of halogens is 2. The van der Waals surface area contributed by atoms with Gasteiger partial charge in [0.1, 0.15) is 17.8 Å². The van der Waals surface area contributed by atoms with E-state index in [2.05, 4.69) is 21.0 Å². The lowest BCUT2D eigenvalue weighted by Crippen LogP contribution is -1.92. The van der Waals surface area contributed by atoms with Crippen LogP contribution in [-0.2, 0) is 7.05 Å². The second-order valence-corrected chi connectivity index (χ2v) is 4.28. The van der Waals surface area contributed by atoms with Gasteiger partial charge in [-0.3, -0.25) is 14.8 Å². The molecule has 0 saturated heterocycles. The van der Waals surface area contributed by atoms with E-state index < -0.39 is 10.7 Å². The predicted molar refractivity (Wildman–Crippen MR) is 64.0 cm³/mol. The molecule has 0 saturated carbocycles. The van der Waals surface area contributed by atoms with Gasteiger partial charge in [0, 0.05) is 7.05 Å². The Balaban J connectivity index is 2.33. The van der Waals surface area contributed by atoms with Crippen LogP contribution in [0.3, 0.4) is 0 Å². The zero-order chi connectivity index (χ0) is 13.3. The van der Waals surface area contributed by atoms with Crippen molar-refractivity contribution in [3.63, 3.8) is 0 Å². The Labute approximate surface area is 109 Å². The Morgan fingerprint density at radius 1 is 1.56 bits per heavy atom. The Kier molecular flexibility index (Phi) is 3.28. The molecule has 94 valence electrons. The van der Waals surface area contributed by atoms with E-state index in [1.165, 1.54) is 29.1 Å². The van der Waals surface area contributed by atoms with Gasteiger partial charge in [0.2, 0.25) is 0 Å². The second-order valence-electron chi connectivity index (χ2n) is 3.43. The summed E-state index contributed by atoms with van der Waals surface area (Å²) in [5.74, 6) is -0.330. The van der Waals surface area contributed by atoms with Gasteiger partial charge in [0.25, 0.3) is 0 Å². The lowest BCUT2D eigenvalue weighted by Gasteiger charge is -2.02. The first-order valence-corrected chi connectivity index (χ1v) is 5.57. The number of rotatable bonds is 3. The molecule has 0 aliphatic carbocycles. The zero-order valence-corrected chi connectivity index (χ0v) is 10.7. The average molecular weight is 316 g/mol. The van der Waals surface area contributed by atoms with Gasteiger partial charge >= 0.3 is 11.6 Å². The molecule has 1 heterocycles. The number of nitrogens with zero attached hydrogens (tertiary/aromatic N) is 3. The first-order chi connectivity index (χ1) is 8.47. The van der Waals surface area contributed by atoms with Crippen LogP contribution in [0.4, 0.5) is 10.1 Å². The lowest BCUT2D eigenvalue weighted by atomic mass is 10.3. The number of hydrogen-bond acceptors (Lipinski definition) is 4. The highest BCUT2D eigenvalue weighted by Gasteiger charge is 2.20. The van der Waals surface area contributed by atoms with Crippen molar-refractivity contribution in [1.82, 2.24) is 9.78 Å². The fourth-order valence-electron chi connectivity index (χ4n) is 1.31. The lowest BCUT2D eigenvalue weighted by molar-refractivity contribution is -0.385. The Morgan fingerprint density at radius 2 is 2.28 bits per heavy atom. The first kappa shape index (κ1) is 12.5. The molecular weight excluding hydrogens is 309 g/mol. The van der Waals surface area contributed by atoms with E-state index in [1.54, 1.807) is 7.05 Å². The molecule has 0 spiro atoms. The third-order valence-corrected chi connectivity index (χ3v) is 2.69. The third-order valence-electron chi connectivity index (χ3n) is 2.08. The third kappa shape index (κ3) is 2.48. The maximum Gasteiger partial charge on any atom is 0.350 e. The first-order valence-electron chi connectivity index (χ1n) is 4.78. The van der Waals surface area contributed by atoms with E-state index in [0.29, 0.717) is 0 Å². The summed E-state index contributed by atoms with van der Waals surface area (Å²) in [6.45, 7) is 0. The number of nitro groups is 1. The molecule has 1 aromatic carbocycles. The monoisotopic (exact) mass is 315 g/mol. The van der Waals surface area contributed by atoms with Gasteiger partial charge in [-0.25, -0.2) is 4.39 Å². The fraction of sp³-hybridized carbons (Fsp3) is 0.100. The number of ether oxygens (including phenoxy) is 1. The molecule has 0 aliphatic heterocycles. The summed E-state index contributed by atoms with van der Waals surface area (Å²) in [4.78, 5) is 10.2. The molecule has 0 radical (unpaired) electrons. The molecule has 6 nitrogen and oxygen atoms in total. The molecule has 1 aromatic heterocycles. The van der Waals surface area contributed by atoms with Crippen molar-refractivity contribution >= 4 is 21.6 Å². The van der Waals surface area contributed by atoms with Gasteiger partial charge in [-0.2, -0.15) is 0 Å². The summed E-state index contributed by atoms with van der Waals surface area (Å²) >= 11 is 3.00. The highest BCUT2D eigenvalue weighted by Crippen LogP contribution is 2.31. The molecule has 0 fully saturated rings. The predicted octanol–water partition coefficient (Wildman–Crippen LogP) is 3.02. The second kappa shape index (κ2) is 4.73. The van der Waals surface area contributed by atoms with Gasteiger partial charge < -0.3 is 4.74 Å². The van der Waals surface area contributed by atoms with Crippen LogP contribution in [0.1, 0.15) is 0 Å². The molecular formula is C10H7BrFN3O3. The van der Waals surface area contributed by atoms with Crippen LogP contribution in [0.25, 0.3) is 0 Å². The molecule has 0 bridgehead atoms. The van der Waals surface area contributed by atoms with Gasteiger partial charge in [-0.1, -0.05) is 0 Å². The summed E-state index contributed by atoms with van der Waals surface area (Å²) in [7, 11) is 1.54. The van der Waals surface area contributed by atoms with E-state index in [4.69, 9.17) is 4.74 Å². The minimum absolute atomic E-state index is 0.138. The quantitative estimate of drug-likeness (QED) is 0.644. The zero-order valence-electron chi connectivity index (χ0n) is 9.13. The summed E-state index contributed by atoms with van der Waals surface area (Å²) in [6.07, 6.45) is 1.23. The molecule has 2 rings (SSSR count). The molecule has 8 heteroatoms. The summed E-state index contributed by atoms with van der Waals surface area (Å²) in [5, 5.41) is 14.6. The number of aromatic nitrogens is 2. The number of aryl methyl sites for hydroxylation is 1. The van der Waals surface area contributed by atoms with Gasteiger partial charge in [-0.15, -0.1) is 5.10 Å². The number of benzene rings is 1. The van der Waals surface area contributed by atoms with Gasteiger partial charge in [0.15, 0.2) is 0 Å². The molecule has 0 unspecified atom stereocenters. The molecule has 0 amide bonds. The normalized spacial score (nSPS) is 10.4. The number of hydrogen-bond donors (Lipinski definition) is 0. The van der Waals surface area contributed by atoms with Crippen LogP contribution >= 0.6 is 15.9 Å². The van der Waals surface area contributed by atoms with Crippen molar-refractivity contribution < 1.29 is 14.1 Å². The topological polar surface area (TPSA) is 70.2 Å². The van der Waals surface area contributed by atoms with E-state index in [1.807, 2.05) is 0 Å². The maximum absolute atomic E-state index is 13.0. The summed E-state index contributed by atoms with van der Waals surface area (Å²) in [5.41, 5.74) is -0.252.